The smallest absolute Gasteiger partial charge is 0.194 e. The summed E-state index contributed by atoms with van der Waals surface area (Å²) in [4.78, 5) is 6.85. The van der Waals surface area contributed by atoms with E-state index in [1.165, 1.54) is 12.1 Å². The molecule has 3 rings (SSSR count). The Kier molecular flexibility index (Phi) is 7.83. The molecule has 1 aliphatic rings. The third-order valence-electron chi connectivity index (χ3n) is 4.10. The molecule has 1 aromatic carbocycles. The van der Waals surface area contributed by atoms with Crippen LogP contribution in [0.1, 0.15) is 24.2 Å². The van der Waals surface area contributed by atoms with Crippen LogP contribution in [0, 0.1) is 5.82 Å². The molecule has 0 bridgehead atoms. The first-order chi connectivity index (χ1) is 12.2. The van der Waals surface area contributed by atoms with E-state index in [2.05, 4.69) is 20.3 Å². The van der Waals surface area contributed by atoms with Gasteiger partial charge in [0.05, 0.1) is 25.9 Å². The number of halogens is 2. The van der Waals surface area contributed by atoms with Crippen molar-refractivity contribution in [2.24, 2.45) is 12.0 Å². The highest BCUT2D eigenvalue weighted by Gasteiger charge is 2.25. The number of aromatic nitrogens is 2. The molecule has 8 heteroatoms. The van der Waals surface area contributed by atoms with E-state index in [9.17, 15) is 4.39 Å². The van der Waals surface area contributed by atoms with Gasteiger partial charge in [0, 0.05) is 31.9 Å². The van der Waals surface area contributed by atoms with Crippen LogP contribution in [0.25, 0.3) is 0 Å². The molecule has 26 heavy (non-hydrogen) atoms. The maximum Gasteiger partial charge on any atom is 0.194 e. The number of morpholine rings is 1. The number of hydrogen-bond donors (Lipinski definition) is 1. The molecule has 1 N–H and O–H groups in total. The van der Waals surface area contributed by atoms with E-state index >= 15 is 0 Å². The van der Waals surface area contributed by atoms with Crippen molar-refractivity contribution >= 4 is 29.9 Å². The van der Waals surface area contributed by atoms with Gasteiger partial charge in [-0.2, -0.15) is 5.10 Å². The molecule has 142 valence electrons. The highest BCUT2D eigenvalue weighted by atomic mass is 127. The minimum absolute atomic E-state index is 0. The fourth-order valence-corrected chi connectivity index (χ4v) is 2.88. The number of nitrogens with zero attached hydrogens (tertiary/aromatic N) is 4. The van der Waals surface area contributed by atoms with Gasteiger partial charge in [-0.15, -0.1) is 24.0 Å². The first-order valence-corrected chi connectivity index (χ1v) is 8.53. The zero-order chi connectivity index (χ0) is 17.6. The van der Waals surface area contributed by atoms with Gasteiger partial charge in [0.1, 0.15) is 11.9 Å². The molecule has 1 atom stereocenters. The molecule has 2 heterocycles. The SMILES string of the molecule is CCNC(=NCc1cccc(F)c1)N1CCOC(c2cnn(C)c2)C1.I. The normalized spacial score (nSPS) is 17.7. The topological polar surface area (TPSA) is 54.7 Å². The number of benzene rings is 1. The summed E-state index contributed by atoms with van der Waals surface area (Å²) in [7, 11) is 1.90. The Labute approximate surface area is 170 Å². The fourth-order valence-electron chi connectivity index (χ4n) is 2.88. The van der Waals surface area contributed by atoms with Gasteiger partial charge in [0.2, 0.25) is 0 Å². The van der Waals surface area contributed by atoms with Crippen molar-refractivity contribution in [1.82, 2.24) is 20.0 Å². The number of nitrogens with one attached hydrogen (secondary N) is 1. The van der Waals surface area contributed by atoms with Crippen molar-refractivity contribution in [1.29, 1.82) is 0 Å². The third kappa shape index (κ3) is 5.41. The molecule has 0 saturated carbocycles. The predicted molar refractivity (Wildman–Crippen MR) is 110 cm³/mol. The molecule has 0 spiro atoms. The van der Waals surface area contributed by atoms with Gasteiger partial charge in [0.15, 0.2) is 5.96 Å². The standard InChI is InChI=1S/C18H24FN5O.HI/c1-3-20-18(21-10-14-5-4-6-16(19)9-14)24-7-8-25-17(13-24)15-11-22-23(2)12-15;/h4-6,9,11-12,17H,3,7-8,10,13H2,1-2H3,(H,20,21);1H. The summed E-state index contributed by atoms with van der Waals surface area (Å²) in [5.41, 5.74) is 1.92. The molecule has 0 aliphatic carbocycles. The second-order valence-electron chi connectivity index (χ2n) is 6.05. The molecule has 2 aromatic rings. The summed E-state index contributed by atoms with van der Waals surface area (Å²) in [6.07, 6.45) is 3.79. The summed E-state index contributed by atoms with van der Waals surface area (Å²) < 4.78 is 21.0. The molecule has 1 saturated heterocycles. The number of guanidine groups is 1. The van der Waals surface area contributed by atoms with Crippen LogP contribution in [0.3, 0.4) is 0 Å². The molecule has 1 aliphatic heterocycles. The number of aryl methyl sites for hydroxylation is 1. The lowest BCUT2D eigenvalue weighted by Crippen LogP contribution is -2.48. The summed E-state index contributed by atoms with van der Waals surface area (Å²) in [6, 6.07) is 6.55. The first-order valence-electron chi connectivity index (χ1n) is 8.53. The van der Waals surface area contributed by atoms with Gasteiger partial charge in [-0.1, -0.05) is 12.1 Å². The van der Waals surface area contributed by atoms with Crippen LogP contribution in [0.2, 0.25) is 0 Å². The van der Waals surface area contributed by atoms with Gasteiger partial charge >= 0.3 is 0 Å². The Bertz CT molecular complexity index is 736. The second-order valence-corrected chi connectivity index (χ2v) is 6.05. The van der Waals surface area contributed by atoms with E-state index < -0.39 is 0 Å². The van der Waals surface area contributed by atoms with Crippen molar-refractivity contribution in [3.8, 4) is 0 Å². The summed E-state index contributed by atoms with van der Waals surface area (Å²) in [6.45, 7) is 5.36. The minimum atomic E-state index is -0.235. The largest absolute Gasteiger partial charge is 0.370 e. The Morgan fingerprint density at radius 3 is 3.00 bits per heavy atom. The van der Waals surface area contributed by atoms with E-state index in [0.717, 1.165) is 30.2 Å². The lowest BCUT2D eigenvalue weighted by atomic mass is 10.1. The van der Waals surface area contributed by atoms with Crippen LogP contribution in [0.15, 0.2) is 41.7 Å². The van der Waals surface area contributed by atoms with Crippen LogP contribution in [-0.4, -0.2) is 46.9 Å². The summed E-state index contributed by atoms with van der Waals surface area (Å²) in [5.74, 6) is 0.588. The van der Waals surface area contributed by atoms with E-state index in [-0.39, 0.29) is 35.9 Å². The molecule has 0 amide bonds. The average molecular weight is 473 g/mol. The highest BCUT2D eigenvalue weighted by molar-refractivity contribution is 14.0. The molecule has 1 unspecified atom stereocenters. The Balaban J connectivity index is 0.00000243. The third-order valence-corrected chi connectivity index (χ3v) is 4.10. The van der Waals surface area contributed by atoms with Crippen LogP contribution in [0.5, 0.6) is 0 Å². The van der Waals surface area contributed by atoms with E-state index in [1.807, 2.05) is 32.4 Å². The quantitative estimate of drug-likeness (QED) is 0.422. The van der Waals surface area contributed by atoms with Crippen LogP contribution >= 0.6 is 24.0 Å². The van der Waals surface area contributed by atoms with E-state index in [1.54, 1.807) is 10.7 Å². The molecule has 1 fully saturated rings. The second kappa shape index (κ2) is 9.86. The maximum absolute atomic E-state index is 13.3. The predicted octanol–water partition coefficient (Wildman–Crippen LogP) is 2.72. The average Bonchev–Trinajstić information content (AvgIpc) is 3.05. The van der Waals surface area contributed by atoms with Crippen molar-refractivity contribution in [3.63, 3.8) is 0 Å². The molecular formula is C18H25FIN5O. The lowest BCUT2D eigenvalue weighted by Gasteiger charge is -2.34. The van der Waals surface area contributed by atoms with E-state index in [0.29, 0.717) is 19.7 Å². The number of rotatable bonds is 4. The molecular weight excluding hydrogens is 448 g/mol. The zero-order valence-corrected chi connectivity index (χ0v) is 17.4. The maximum atomic E-state index is 13.3. The molecule has 1 aromatic heterocycles. The van der Waals surface area contributed by atoms with Gasteiger partial charge in [-0.3, -0.25) is 4.68 Å². The van der Waals surface area contributed by atoms with Crippen LogP contribution in [-0.2, 0) is 18.3 Å². The van der Waals surface area contributed by atoms with E-state index in [4.69, 9.17) is 4.74 Å². The van der Waals surface area contributed by atoms with Crippen LogP contribution < -0.4 is 5.32 Å². The van der Waals surface area contributed by atoms with Gasteiger partial charge in [0.25, 0.3) is 0 Å². The van der Waals surface area contributed by atoms with Gasteiger partial charge in [-0.25, -0.2) is 9.38 Å². The van der Waals surface area contributed by atoms with Gasteiger partial charge < -0.3 is 15.0 Å². The minimum Gasteiger partial charge on any atom is -0.370 e. The first kappa shape index (κ1) is 20.6. The number of hydrogen-bond acceptors (Lipinski definition) is 3. The summed E-state index contributed by atoms with van der Waals surface area (Å²) in [5, 5.41) is 7.54. The highest BCUT2D eigenvalue weighted by Crippen LogP contribution is 2.21. The summed E-state index contributed by atoms with van der Waals surface area (Å²) >= 11 is 0. The number of ether oxygens (including phenoxy) is 1. The zero-order valence-electron chi connectivity index (χ0n) is 15.1. The molecule has 0 radical (unpaired) electrons. The molecule has 6 nitrogen and oxygen atoms in total. The van der Waals surface area contributed by atoms with Crippen molar-refractivity contribution in [2.75, 3.05) is 26.2 Å². The fraction of sp³-hybridized carbons (Fsp3) is 0.444. The van der Waals surface area contributed by atoms with Gasteiger partial charge in [-0.05, 0) is 24.6 Å². The number of aliphatic imine (C=N–C) groups is 1. The van der Waals surface area contributed by atoms with Crippen LogP contribution in [0.4, 0.5) is 4.39 Å². The van der Waals surface area contributed by atoms with Crippen molar-refractivity contribution < 1.29 is 9.13 Å². The van der Waals surface area contributed by atoms with Crippen molar-refractivity contribution in [3.05, 3.63) is 53.6 Å². The Morgan fingerprint density at radius 2 is 2.31 bits per heavy atom. The lowest BCUT2D eigenvalue weighted by molar-refractivity contribution is -0.00805. The Morgan fingerprint density at radius 1 is 1.46 bits per heavy atom. The monoisotopic (exact) mass is 473 g/mol. The Hall–Kier alpha value is -1.68. The van der Waals surface area contributed by atoms with Crippen molar-refractivity contribution in [2.45, 2.75) is 19.6 Å².